The maximum atomic E-state index is 4.39. The predicted molar refractivity (Wildman–Crippen MR) is 116 cm³/mol. The minimum absolute atomic E-state index is 0.644. The lowest BCUT2D eigenvalue weighted by Crippen LogP contribution is -2.46. The smallest absolute Gasteiger partial charge is 0.190 e. The Hall–Kier alpha value is -2.01. The van der Waals surface area contributed by atoms with E-state index in [1.165, 1.54) is 48.0 Å². The monoisotopic (exact) mass is 369 g/mol. The van der Waals surface area contributed by atoms with Crippen LogP contribution >= 0.6 is 0 Å². The van der Waals surface area contributed by atoms with Crippen molar-refractivity contribution in [2.75, 3.05) is 33.2 Å². The zero-order chi connectivity index (χ0) is 19.2. The SMILES string of the molecule is CN=C(NCCc1c[nH]c2cc(C)ccc12)NCC1CCCN(C(C)C)C1. The normalized spacial score (nSPS) is 19.0. The number of aromatic nitrogens is 1. The van der Waals surface area contributed by atoms with E-state index in [0.717, 1.165) is 25.5 Å². The number of nitrogens with one attached hydrogen (secondary N) is 3. The molecule has 0 spiro atoms. The van der Waals surface area contributed by atoms with Crippen LogP contribution in [-0.4, -0.2) is 55.1 Å². The Morgan fingerprint density at radius 1 is 1.33 bits per heavy atom. The molecule has 1 aromatic carbocycles. The highest BCUT2D eigenvalue weighted by Crippen LogP contribution is 2.20. The fourth-order valence-electron chi connectivity index (χ4n) is 4.02. The lowest BCUT2D eigenvalue weighted by molar-refractivity contribution is 0.141. The minimum Gasteiger partial charge on any atom is -0.361 e. The average Bonchev–Trinajstić information content (AvgIpc) is 3.06. The number of likely N-dealkylation sites (tertiary alicyclic amines) is 1. The van der Waals surface area contributed by atoms with Crippen LogP contribution < -0.4 is 10.6 Å². The van der Waals surface area contributed by atoms with Gasteiger partial charge in [-0.1, -0.05) is 12.1 Å². The summed E-state index contributed by atoms with van der Waals surface area (Å²) < 4.78 is 0. The molecule has 5 heteroatoms. The van der Waals surface area contributed by atoms with E-state index < -0.39 is 0 Å². The predicted octanol–water partition coefficient (Wildman–Crippen LogP) is 3.30. The van der Waals surface area contributed by atoms with Gasteiger partial charge in [0.15, 0.2) is 5.96 Å². The van der Waals surface area contributed by atoms with E-state index in [0.29, 0.717) is 12.0 Å². The molecule has 1 saturated heterocycles. The molecule has 0 amide bonds. The molecular weight excluding hydrogens is 334 g/mol. The molecule has 1 unspecified atom stereocenters. The molecule has 2 aromatic rings. The van der Waals surface area contributed by atoms with Gasteiger partial charge >= 0.3 is 0 Å². The van der Waals surface area contributed by atoms with Gasteiger partial charge in [0.1, 0.15) is 0 Å². The Kier molecular flexibility index (Phi) is 6.78. The maximum Gasteiger partial charge on any atom is 0.190 e. The van der Waals surface area contributed by atoms with E-state index in [1.807, 2.05) is 7.05 Å². The zero-order valence-electron chi connectivity index (χ0n) is 17.3. The van der Waals surface area contributed by atoms with Crippen LogP contribution in [0.1, 0.15) is 37.8 Å². The Morgan fingerprint density at radius 2 is 2.19 bits per heavy atom. The third-order valence-corrected chi connectivity index (χ3v) is 5.67. The molecule has 3 N–H and O–H groups in total. The summed E-state index contributed by atoms with van der Waals surface area (Å²) >= 11 is 0. The van der Waals surface area contributed by atoms with Gasteiger partial charge in [-0.05, 0) is 69.7 Å². The van der Waals surface area contributed by atoms with Gasteiger partial charge in [-0.2, -0.15) is 0 Å². The molecule has 2 heterocycles. The Morgan fingerprint density at radius 3 is 2.96 bits per heavy atom. The Labute approximate surface area is 163 Å². The fraction of sp³-hybridized carbons (Fsp3) is 0.591. The molecule has 148 valence electrons. The molecule has 0 radical (unpaired) electrons. The summed E-state index contributed by atoms with van der Waals surface area (Å²) in [7, 11) is 1.85. The van der Waals surface area contributed by atoms with E-state index in [1.54, 1.807) is 0 Å². The first-order chi connectivity index (χ1) is 13.1. The largest absolute Gasteiger partial charge is 0.361 e. The van der Waals surface area contributed by atoms with Crippen molar-refractivity contribution in [3.05, 3.63) is 35.5 Å². The van der Waals surface area contributed by atoms with Gasteiger partial charge < -0.3 is 20.5 Å². The van der Waals surface area contributed by atoms with Crippen molar-refractivity contribution < 1.29 is 0 Å². The van der Waals surface area contributed by atoms with Crippen LogP contribution in [-0.2, 0) is 6.42 Å². The molecule has 1 aliphatic heterocycles. The molecule has 3 rings (SSSR count). The summed E-state index contributed by atoms with van der Waals surface area (Å²) in [4.78, 5) is 10.4. The van der Waals surface area contributed by atoms with E-state index in [4.69, 9.17) is 0 Å². The summed E-state index contributed by atoms with van der Waals surface area (Å²) in [5.74, 6) is 1.61. The lowest BCUT2D eigenvalue weighted by atomic mass is 9.97. The number of piperidine rings is 1. The molecule has 1 atom stereocenters. The first-order valence-electron chi connectivity index (χ1n) is 10.3. The van der Waals surface area contributed by atoms with E-state index in [-0.39, 0.29) is 0 Å². The number of hydrogen-bond donors (Lipinski definition) is 3. The van der Waals surface area contributed by atoms with Crippen molar-refractivity contribution >= 4 is 16.9 Å². The van der Waals surface area contributed by atoms with Crippen molar-refractivity contribution in [1.29, 1.82) is 0 Å². The van der Waals surface area contributed by atoms with Crippen molar-refractivity contribution in [1.82, 2.24) is 20.5 Å². The van der Waals surface area contributed by atoms with Gasteiger partial charge in [-0.25, -0.2) is 0 Å². The van der Waals surface area contributed by atoms with Gasteiger partial charge in [0.25, 0.3) is 0 Å². The number of guanidine groups is 1. The van der Waals surface area contributed by atoms with Crippen LogP contribution in [0.4, 0.5) is 0 Å². The minimum atomic E-state index is 0.644. The van der Waals surface area contributed by atoms with Crippen molar-refractivity contribution in [2.24, 2.45) is 10.9 Å². The average molecular weight is 370 g/mol. The van der Waals surface area contributed by atoms with Crippen LogP contribution in [0.5, 0.6) is 0 Å². The second-order valence-electron chi connectivity index (χ2n) is 8.09. The van der Waals surface area contributed by atoms with Crippen LogP contribution in [0.15, 0.2) is 29.4 Å². The fourth-order valence-corrected chi connectivity index (χ4v) is 4.02. The number of hydrogen-bond acceptors (Lipinski definition) is 2. The standard InChI is InChI=1S/C22H35N5/c1-16(2)27-11-5-6-18(15-27)13-26-22(23-4)24-10-9-19-14-25-21-12-17(3)7-8-20(19)21/h7-8,12,14,16,18,25H,5-6,9-11,13,15H2,1-4H3,(H2,23,24,26). The molecule has 0 aliphatic carbocycles. The first-order valence-corrected chi connectivity index (χ1v) is 10.3. The first kappa shape index (κ1) is 19.7. The van der Waals surface area contributed by atoms with E-state index >= 15 is 0 Å². The molecule has 27 heavy (non-hydrogen) atoms. The lowest BCUT2D eigenvalue weighted by Gasteiger charge is -2.35. The molecule has 1 aliphatic rings. The van der Waals surface area contributed by atoms with Gasteiger partial charge in [-0.15, -0.1) is 0 Å². The van der Waals surface area contributed by atoms with Gasteiger partial charge in [0, 0.05) is 49.8 Å². The number of rotatable bonds is 6. The number of H-pyrrole nitrogens is 1. The van der Waals surface area contributed by atoms with E-state index in [9.17, 15) is 0 Å². The summed E-state index contributed by atoms with van der Waals surface area (Å²) in [5.41, 5.74) is 3.87. The summed E-state index contributed by atoms with van der Waals surface area (Å²) in [5, 5.41) is 8.32. The van der Waals surface area contributed by atoms with Gasteiger partial charge in [-0.3, -0.25) is 4.99 Å². The number of aryl methyl sites for hydroxylation is 1. The highest BCUT2D eigenvalue weighted by atomic mass is 15.2. The molecular formula is C22H35N5. The highest BCUT2D eigenvalue weighted by Gasteiger charge is 2.21. The van der Waals surface area contributed by atoms with Gasteiger partial charge in [0.2, 0.25) is 0 Å². The highest BCUT2D eigenvalue weighted by molar-refractivity contribution is 5.84. The Balaban J connectivity index is 1.45. The van der Waals surface area contributed by atoms with Crippen LogP contribution in [0.3, 0.4) is 0 Å². The maximum absolute atomic E-state index is 4.39. The van der Waals surface area contributed by atoms with Crippen molar-refractivity contribution in [2.45, 2.75) is 46.1 Å². The number of aromatic amines is 1. The summed E-state index contributed by atoms with van der Waals surface area (Å²) in [6.07, 6.45) is 5.72. The number of aliphatic imine (C=N–C) groups is 1. The quantitative estimate of drug-likeness (QED) is 0.541. The topological polar surface area (TPSA) is 55.5 Å². The molecule has 5 nitrogen and oxygen atoms in total. The number of fused-ring (bicyclic) bond motifs is 1. The van der Waals surface area contributed by atoms with Crippen LogP contribution in [0, 0.1) is 12.8 Å². The molecule has 0 saturated carbocycles. The number of benzene rings is 1. The Bertz CT molecular complexity index is 761. The van der Waals surface area contributed by atoms with E-state index in [2.05, 4.69) is 70.7 Å². The summed E-state index contributed by atoms with van der Waals surface area (Å²) in [6.45, 7) is 11.0. The third kappa shape index (κ3) is 5.25. The van der Waals surface area contributed by atoms with Crippen LogP contribution in [0.2, 0.25) is 0 Å². The molecule has 1 fully saturated rings. The van der Waals surface area contributed by atoms with Crippen LogP contribution in [0.25, 0.3) is 10.9 Å². The van der Waals surface area contributed by atoms with Gasteiger partial charge in [0.05, 0.1) is 0 Å². The van der Waals surface area contributed by atoms with Crippen molar-refractivity contribution in [3.8, 4) is 0 Å². The second-order valence-corrected chi connectivity index (χ2v) is 8.09. The molecule has 1 aromatic heterocycles. The summed E-state index contributed by atoms with van der Waals surface area (Å²) in [6, 6.07) is 7.24. The number of nitrogens with zero attached hydrogens (tertiary/aromatic N) is 2. The third-order valence-electron chi connectivity index (χ3n) is 5.67. The zero-order valence-corrected chi connectivity index (χ0v) is 17.3. The van der Waals surface area contributed by atoms with Crippen molar-refractivity contribution in [3.63, 3.8) is 0 Å². The second kappa shape index (κ2) is 9.27. The molecule has 0 bridgehead atoms.